The molecule has 1 N–H and O–H groups in total. The Morgan fingerprint density at radius 1 is 1.38 bits per heavy atom. The van der Waals surface area contributed by atoms with Crippen molar-refractivity contribution in [1.29, 1.82) is 0 Å². The maximum absolute atomic E-state index is 9.99. The second-order valence-corrected chi connectivity index (χ2v) is 6.88. The highest BCUT2D eigenvalue weighted by Crippen LogP contribution is 2.40. The van der Waals surface area contributed by atoms with Crippen LogP contribution in [0.15, 0.2) is 4.52 Å². The van der Waals surface area contributed by atoms with E-state index in [-0.39, 0.29) is 0 Å². The maximum atomic E-state index is 9.99. The largest absolute Gasteiger partial charge is 0.393 e. The van der Waals surface area contributed by atoms with Gasteiger partial charge in [-0.2, -0.15) is 4.98 Å². The smallest absolute Gasteiger partial charge is 0.229 e. The minimum absolute atomic E-state index is 0.405. The van der Waals surface area contributed by atoms with E-state index >= 15 is 0 Å². The van der Waals surface area contributed by atoms with Gasteiger partial charge in [-0.3, -0.25) is 0 Å². The monoisotopic (exact) mass is 296 g/mol. The summed E-state index contributed by atoms with van der Waals surface area (Å²) in [5.74, 6) is 2.33. The molecule has 0 amide bonds. The van der Waals surface area contributed by atoms with Gasteiger partial charge in [-0.25, -0.2) is 0 Å². The van der Waals surface area contributed by atoms with Gasteiger partial charge in [0.1, 0.15) is 5.60 Å². The van der Waals surface area contributed by atoms with Crippen LogP contribution in [0, 0.1) is 11.8 Å². The van der Waals surface area contributed by atoms with Gasteiger partial charge < -0.3 is 14.4 Å². The van der Waals surface area contributed by atoms with Crippen molar-refractivity contribution in [3.05, 3.63) is 11.7 Å². The Hall–Kier alpha value is -0.940. The number of ether oxygens (including phenoxy) is 1. The topological polar surface area (TPSA) is 68.4 Å². The number of aliphatic hydroxyl groups is 1. The molecule has 1 saturated carbocycles. The van der Waals surface area contributed by atoms with Crippen LogP contribution in [0.2, 0.25) is 0 Å². The minimum Gasteiger partial charge on any atom is -0.393 e. The first kappa shape index (κ1) is 16.4. The molecule has 0 saturated heterocycles. The Kier molecular flexibility index (Phi) is 5.38. The number of aliphatic hydroxyl groups excluding tert-OH is 1. The molecule has 0 spiro atoms. The molecule has 1 unspecified atom stereocenters. The van der Waals surface area contributed by atoms with Gasteiger partial charge in [0, 0.05) is 7.11 Å². The molecule has 1 heterocycles. The van der Waals surface area contributed by atoms with Gasteiger partial charge in [-0.15, -0.1) is 0 Å². The Morgan fingerprint density at radius 2 is 2.05 bits per heavy atom. The van der Waals surface area contributed by atoms with Crippen LogP contribution in [0.4, 0.5) is 0 Å². The number of hydrogen-bond donors (Lipinski definition) is 1. The minimum atomic E-state index is -0.428. The number of aromatic nitrogens is 2. The van der Waals surface area contributed by atoms with Crippen molar-refractivity contribution in [3.63, 3.8) is 0 Å². The third-order valence-electron chi connectivity index (χ3n) is 4.50. The molecule has 0 bridgehead atoms. The number of methoxy groups -OCH3 is 1. The first-order valence-electron chi connectivity index (χ1n) is 8.01. The molecule has 1 fully saturated rings. The fourth-order valence-corrected chi connectivity index (χ4v) is 3.10. The van der Waals surface area contributed by atoms with Crippen molar-refractivity contribution in [1.82, 2.24) is 10.1 Å². The van der Waals surface area contributed by atoms with E-state index < -0.39 is 11.7 Å². The SMILES string of the molecule is COC1(c2noc(CC(O)CC(C)C)n2)CCC(C)CC1. The number of rotatable bonds is 6. The summed E-state index contributed by atoms with van der Waals surface area (Å²) >= 11 is 0. The highest BCUT2D eigenvalue weighted by atomic mass is 16.5. The summed E-state index contributed by atoms with van der Waals surface area (Å²) in [5, 5.41) is 14.1. The van der Waals surface area contributed by atoms with Crippen molar-refractivity contribution in [2.24, 2.45) is 11.8 Å². The molecule has 1 atom stereocenters. The van der Waals surface area contributed by atoms with E-state index in [1.165, 1.54) is 0 Å². The first-order chi connectivity index (χ1) is 9.95. The summed E-state index contributed by atoms with van der Waals surface area (Å²) < 4.78 is 11.1. The summed E-state index contributed by atoms with van der Waals surface area (Å²) in [6.45, 7) is 6.45. The second kappa shape index (κ2) is 6.88. The zero-order valence-electron chi connectivity index (χ0n) is 13.6. The van der Waals surface area contributed by atoms with Crippen LogP contribution in [0.5, 0.6) is 0 Å². The predicted octanol–water partition coefficient (Wildman–Crippen LogP) is 3.07. The van der Waals surface area contributed by atoms with Crippen LogP contribution in [0.1, 0.15) is 64.6 Å². The standard InChI is InChI=1S/C16H28N2O3/c1-11(2)9-13(19)10-14-17-15(18-21-14)16(20-4)7-5-12(3)6-8-16/h11-13,19H,5-10H2,1-4H3. The number of hydrogen-bond acceptors (Lipinski definition) is 5. The fourth-order valence-electron chi connectivity index (χ4n) is 3.10. The molecule has 1 aliphatic carbocycles. The van der Waals surface area contributed by atoms with Gasteiger partial charge in [0.25, 0.3) is 0 Å². The van der Waals surface area contributed by atoms with Crippen molar-refractivity contribution in [2.45, 2.75) is 71.0 Å². The average Bonchev–Trinajstić information content (AvgIpc) is 2.88. The highest BCUT2D eigenvalue weighted by Gasteiger charge is 2.40. The molecule has 5 heteroatoms. The zero-order valence-corrected chi connectivity index (χ0v) is 13.6. The summed E-state index contributed by atoms with van der Waals surface area (Å²) in [6.07, 6.45) is 4.83. The third kappa shape index (κ3) is 4.04. The predicted molar refractivity (Wildman–Crippen MR) is 79.8 cm³/mol. The maximum Gasteiger partial charge on any atom is 0.229 e. The van der Waals surface area contributed by atoms with E-state index in [9.17, 15) is 5.11 Å². The molecule has 1 aliphatic rings. The summed E-state index contributed by atoms with van der Waals surface area (Å²) in [5.41, 5.74) is -0.405. The van der Waals surface area contributed by atoms with Crippen molar-refractivity contribution in [2.75, 3.05) is 7.11 Å². The van der Waals surface area contributed by atoms with E-state index in [1.54, 1.807) is 7.11 Å². The van der Waals surface area contributed by atoms with Gasteiger partial charge >= 0.3 is 0 Å². The second-order valence-electron chi connectivity index (χ2n) is 6.88. The molecular formula is C16H28N2O3. The Labute approximate surface area is 127 Å². The molecular weight excluding hydrogens is 268 g/mol. The van der Waals surface area contributed by atoms with Gasteiger partial charge in [0.15, 0.2) is 0 Å². The molecule has 120 valence electrons. The molecule has 0 aliphatic heterocycles. The molecule has 2 rings (SSSR count). The third-order valence-corrected chi connectivity index (χ3v) is 4.50. The Balaban J connectivity index is 2.04. The molecule has 1 aromatic rings. The lowest BCUT2D eigenvalue weighted by atomic mass is 9.79. The Morgan fingerprint density at radius 3 is 2.62 bits per heavy atom. The Bertz CT molecular complexity index is 436. The van der Waals surface area contributed by atoms with Crippen LogP contribution in [0.3, 0.4) is 0 Å². The van der Waals surface area contributed by atoms with E-state index in [2.05, 4.69) is 30.9 Å². The highest BCUT2D eigenvalue weighted by molar-refractivity contribution is 5.04. The van der Waals surface area contributed by atoms with Gasteiger partial charge in [-0.05, 0) is 43.9 Å². The first-order valence-corrected chi connectivity index (χ1v) is 8.01. The van der Waals surface area contributed by atoms with E-state index in [0.29, 0.717) is 24.1 Å². The van der Waals surface area contributed by atoms with Crippen molar-refractivity contribution in [3.8, 4) is 0 Å². The fraction of sp³-hybridized carbons (Fsp3) is 0.875. The van der Waals surface area contributed by atoms with Gasteiger partial charge in [0.2, 0.25) is 11.7 Å². The normalized spacial score (nSPS) is 28.0. The van der Waals surface area contributed by atoms with E-state index in [0.717, 1.165) is 38.0 Å². The zero-order chi connectivity index (χ0) is 15.5. The quantitative estimate of drug-likeness (QED) is 0.873. The molecule has 0 radical (unpaired) electrons. The van der Waals surface area contributed by atoms with Gasteiger partial charge in [0.05, 0.1) is 12.5 Å². The molecule has 21 heavy (non-hydrogen) atoms. The molecule has 5 nitrogen and oxygen atoms in total. The summed E-state index contributed by atoms with van der Waals surface area (Å²) in [4.78, 5) is 4.49. The van der Waals surface area contributed by atoms with E-state index in [1.807, 2.05) is 0 Å². The summed E-state index contributed by atoms with van der Waals surface area (Å²) in [7, 11) is 1.72. The van der Waals surface area contributed by atoms with Crippen molar-refractivity contribution < 1.29 is 14.4 Å². The molecule has 1 aromatic heterocycles. The van der Waals surface area contributed by atoms with Crippen LogP contribution in [0.25, 0.3) is 0 Å². The van der Waals surface area contributed by atoms with Crippen molar-refractivity contribution >= 4 is 0 Å². The van der Waals surface area contributed by atoms with Gasteiger partial charge in [-0.1, -0.05) is 25.9 Å². The number of nitrogens with zero attached hydrogens (tertiary/aromatic N) is 2. The lowest BCUT2D eigenvalue weighted by Crippen LogP contribution is -2.34. The van der Waals surface area contributed by atoms with Crippen LogP contribution >= 0.6 is 0 Å². The average molecular weight is 296 g/mol. The van der Waals surface area contributed by atoms with Crippen LogP contribution < -0.4 is 0 Å². The van der Waals surface area contributed by atoms with Crippen LogP contribution in [-0.4, -0.2) is 28.5 Å². The molecule has 0 aromatic carbocycles. The summed E-state index contributed by atoms with van der Waals surface area (Å²) in [6, 6.07) is 0. The van der Waals surface area contributed by atoms with E-state index in [4.69, 9.17) is 9.26 Å². The lowest BCUT2D eigenvalue weighted by Gasteiger charge is -2.35. The lowest BCUT2D eigenvalue weighted by molar-refractivity contribution is -0.0609. The van der Waals surface area contributed by atoms with Crippen LogP contribution in [-0.2, 0) is 16.8 Å².